The smallest absolute Gasteiger partial charge is 0.317 e. The first-order valence-electron chi connectivity index (χ1n) is 3.76. The second kappa shape index (κ2) is 2.51. The summed E-state index contributed by atoms with van der Waals surface area (Å²) in [4.78, 5) is 22.9. The van der Waals surface area contributed by atoms with Crippen LogP contribution in [-0.4, -0.2) is 36.1 Å². The van der Waals surface area contributed by atoms with E-state index in [4.69, 9.17) is 0 Å². The fourth-order valence-electron chi connectivity index (χ4n) is 1.49. The second-order valence-electron chi connectivity index (χ2n) is 2.82. The Bertz CT molecular complexity index is 251. The molecule has 0 bridgehead atoms. The van der Waals surface area contributed by atoms with Crippen LogP contribution in [0, 0.1) is 0 Å². The molecule has 5 nitrogen and oxygen atoms in total. The van der Waals surface area contributed by atoms with Gasteiger partial charge in [0.05, 0.1) is 6.04 Å². The predicted octanol–water partition coefficient (Wildman–Crippen LogP) is -0.978. The molecule has 2 aliphatic heterocycles. The molecule has 64 valence electrons. The third-order valence-corrected chi connectivity index (χ3v) is 2.07. The average molecular weight is 167 g/mol. The normalized spacial score (nSPS) is 32.3. The van der Waals surface area contributed by atoms with Crippen molar-refractivity contribution in [3.63, 3.8) is 0 Å². The number of hydrogen-bond donors (Lipinski definition) is 2. The predicted molar refractivity (Wildman–Crippen MR) is 41.2 cm³/mol. The zero-order chi connectivity index (χ0) is 8.55. The first-order chi connectivity index (χ1) is 5.81. The molecule has 2 aliphatic rings. The Hall–Kier alpha value is -1.52. The molecule has 0 aromatic rings. The van der Waals surface area contributed by atoms with Crippen molar-refractivity contribution in [2.24, 2.45) is 0 Å². The van der Waals surface area contributed by atoms with Gasteiger partial charge in [0.25, 0.3) is 0 Å². The van der Waals surface area contributed by atoms with E-state index in [1.807, 2.05) is 12.2 Å². The van der Waals surface area contributed by atoms with Gasteiger partial charge in [-0.2, -0.15) is 0 Å². The number of fused-ring (bicyclic) bond motifs is 1. The zero-order valence-corrected chi connectivity index (χ0v) is 6.36. The first kappa shape index (κ1) is 7.15. The summed E-state index contributed by atoms with van der Waals surface area (Å²) in [7, 11) is 0. The number of hydrogen-bond acceptors (Lipinski definition) is 2. The van der Waals surface area contributed by atoms with Gasteiger partial charge in [0.2, 0.25) is 6.41 Å². The lowest BCUT2D eigenvalue weighted by Gasteiger charge is -2.29. The Morgan fingerprint density at radius 2 is 2.42 bits per heavy atom. The SMILES string of the molecule is O=CN1CC=C[C@H]2NC(=O)N[C@H]21. The number of carbonyl (C=O) groups is 2. The van der Waals surface area contributed by atoms with Crippen molar-refractivity contribution in [2.75, 3.05) is 6.54 Å². The van der Waals surface area contributed by atoms with Gasteiger partial charge in [-0.25, -0.2) is 4.79 Å². The monoisotopic (exact) mass is 167 g/mol. The van der Waals surface area contributed by atoms with Crippen LogP contribution in [0.3, 0.4) is 0 Å². The minimum absolute atomic E-state index is 0.0727. The molecule has 0 aliphatic carbocycles. The number of carbonyl (C=O) groups excluding carboxylic acids is 2. The van der Waals surface area contributed by atoms with Crippen LogP contribution in [0.2, 0.25) is 0 Å². The highest BCUT2D eigenvalue weighted by molar-refractivity contribution is 5.78. The molecule has 2 N–H and O–H groups in total. The maximum Gasteiger partial charge on any atom is 0.317 e. The number of urea groups is 1. The van der Waals surface area contributed by atoms with Crippen molar-refractivity contribution in [1.29, 1.82) is 0 Å². The van der Waals surface area contributed by atoms with Crippen LogP contribution >= 0.6 is 0 Å². The molecule has 0 spiro atoms. The minimum Gasteiger partial charge on any atom is -0.328 e. The van der Waals surface area contributed by atoms with Crippen molar-refractivity contribution >= 4 is 12.4 Å². The van der Waals surface area contributed by atoms with E-state index in [0.29, 0.717) is 6.54 Å². The van der Waals surface area contributed by atoms with Crippen LogP contribution < -0.4 is 10.6 Å². The molecule has 1 fully saturated rings. The van der Waals surface area contributed by atoms with Gasteiger partial charge in [-0.1, -0.05) is 12.2 Å². The number of amides is 3. The Labute approximate surface area is 69.4 Å². The zero-order valence-electron chi connectivity index (χ0n) is 6.36. The van der Waals surface area contributed by atoms with Crippen LogP contribution in [0.25, 0.3) is 0 Å². The second-order valence-corrected chi connectivity index (χ2v) is 2.82. The van der Waals surface area contributed by atoms with Gasteiger partial charge < -0.3 is 15.5 Å². The van der Waals surface area contributed by atoms with Gasteiger partial charge in [0.15, 0.2) is 0 Å². The molecular weight excluding hydrogens is 158 g/mol. The molecule has 2 atom stereocenters. The molecule has 12 heavy (non-hydrogen) atoms. The van der Waals surface area contributed by atoms with Crippen molar-refractivity contribution in [3.05, 3.63) is 12.2 Å². The van der Waals surface area contributed by atoms with E-state index >= 15 is 0 Å². The van der Waals surface area contributed by atoms with E-state index < -0.39 is 0 Å². The van der Waals surface area contributed by atoms with Crippen molar-refractivity contribution in [2.45, 2.75) is 12.2 Å². The molecular formula is C7H9N3O2. The Kier molecular flexibility index (Phi) is 1.49. The highest BCUT2D eigenvalue weighted by Crippen LogP contribution is 2.11. The summed E-state index contributed by atoms with van der Waals surface area (Å²) < 4.78 is 0. The van der Waals surface area contributed by atoms with Crippen molar-refractivity contribution in [1.82, 2.24) is 15.5 Å². The van der Waals surface area contributed by atoms with E-state index in [9.17, 15) is 9.59 Å². The molecule has 3 amide bonds. The number of nitrogens with one attached hydrogen (secondary N) is 2. The third-order valence-electron chi connectivity index (χ3n) is 2.07. The highest BCUT2D eigenvalue weighted by Gasteiger charge is 2.35. The summed E-state index contributed by atoms with van der Waals surface area (Å²) in [5, 5.41) is 5.33. The van der Waals surface area contributed by atoms with Gasteiger partial charge >= 0.3 is 6.03 Å². The van der Waals surface area contributed by atoms with E-state index in [2.05, 4.69) is 10.6 Å². The summed E-state index contributed by atoms with van der Waals surface area (Å²) >= 11 is 0. The summed E-state index contributed by atoms with van der Waals surface area (Å²) in [6.07, 6.45) is 4.29. The first-order valence-corrected chi connectivity index (χ1v) is 3.76. The fourth-order valence-corrected chi connectivity index (χ4v) is 1.49. The molecule has 0 aromatic heterocycles. The molecule has 0 unspecified atom stereocenters. The van der Waals surface area contributed by atoms with Gasteiger partial charge in [-0.05, 0) is 0 Å². The minimum atomic E-state index is -0.219. The maximum atomic E-state index is 10.9. The van der Waals surface area contributed by atoms with Crippen LogP contribution in [0.5, 0.6) is 0 Å². The molecule has 0 saturated carbocycles. The van der Waals surface area contributed by atoms with Crippen LogP contribution in [-0.2, 0) is 4.79 Å². The van der Waals surface area contributed by atoms with Crippen LogP contribution in [0.4, 0.5) is 4.79 Å². The summed E-state index contributed by atoms with van der Waals surface area (Å²) in [5.41, 5.74) is 0. The molecule has 5 heteroatoms. The van der Waals surface area contributed by atoms with Crippen molar-refractivity contribution in [3.8, 4) is 0 Å². The van der Waals surface area contributed by atoms with Crippen LogP contribution in [0.15, 0.2) is 12.2 Å². The number of nitrogens with zero attached hydrogens (tertiary/aromatic N) is 1. The van der Waals surface area contributed by atoms with E-state index in [-0.39, 0.29) is 18.2 Å². The Balaban J connectivity index is 2.20. The maximum absolute atomic E-state index is 10.9. The van der Waals surface area contributed by atoms with Crippen molar-refractivity contribution < 1.29 is 9.59 Å². The third kappa shape index (κ3) is 0.939. The lowest BCUT2D eigenvalue weighted by atomic mass is 10.1. The summed E-state index contributed by atoms with van der Waals surface area (Å²) in [6.45, 7) is 0.562. The van der Waals surface area contributed by atoms with Crippen LogP contribution in [0.1, 0.15) is 0 Å². The van der Waals surface area contributed by atoms with Gasteiger partial charge in [-0.3, -0.25) is 4.79 Å². The molecule has 2 rings (SSSR count). The summed E-state index contributed by atoms with van der Waals surface area (Å²) in [6, 6.07) is -0.292. The Morgan fingerprint density at radius 3 is 3.17 bits per heavy atom. The standard InChI is InChI=1S/C7H9N3O2/c11-4-10-3-1-2-5-6(10)9-7(12)8-5/h1-2,4-6H,3H2,(H2,8,9,12)/t5-,6+/m1/s1. The quantitative estimate of drug-likeness (QED) is 0.389. The lowest BCUT2D eigenvalue weighted by Crippen LogP contribution is -2.49. The lowest BCUT2D eigenvalue weighted by molar-refractivity contribution is -0.120. The molecule has 1 saturated heterocycles. The number of rotatable bonds is 1. The fraction of sp³-hybridized carbons (Fsp3) is 0.429. The average Bonchev–Trinajstić information content (AvgIpc) is 2.44. The molecule has 0 aromatic carbocycles. The van der Waals surface area contributed by atoms with E-state index in [1.54, 1.807) is 4.90 Å². The van der Waals surface area contributed by atoms with Gasteiger partial charge in [0, 0.05) is 6.54 Å². The summed E-state index contributed by atoms with van der Waals surface area (Å²) in [5.74, 6) is 0. The van der Waals surface area contributed by atoms with E-state index in [0.717, 1.165) is 6.41 Å². The highest BCUT2D eigenvalue weighted by atomic mass is 16.2. The van der Waals surface area contributed by atoms with Gasteiger partial charge in [0.1, 0.15) is 6.17 Å². The largest absolute Gasteiger partial charge is 0.328 e. The molecule has 2 heterocycles. The van der Waals surface area contributed by atoms with Gasteiger partial charge in [-0.15, -0.1) is 0 Å². The van der Waals surface area contributed by atoms with E-state index in [1.165, 1.54) is 0 Å². The Morgan fingerprint density at radius 1 is 1.58 bits per heavy atom. The molecule has 0 radical (unpaired) electrons. The topological polar surface area (TPSA) is 61.4 Å².